The van der Waals surface area contributed by atoms with Crippen LogP contribution in [0.25, 0.3) is 0 Å². The second-order valence-electron chi connectivity index (χ2n) is 4.76. The lowest BCUT2D eigenvalue weighted by Gasteiger charge is -2.02. The molecule has 0 heterocycles. The minimum absolute atomic E-state index is 0.720. The smallest absolute Gasteiger partial charge is 0.0679 e. The van der Waals surface area contributed by atoms with E-state index in [1.165, 1.54) is 70.6 Å². The van der Waals surface area contributed by atoms with E-state index in [1.807, 2.05) is 0 Å². The van der Waals surface area contributed by atoms with Gasteiger partial charge < -0.3 is 4.84 Å². The molecule has 2 nitrogen and oxygen atoms in total. The third-order valence-corrected chi connectivity index (χ3v) is 3.12. The molecule has 2 N–H and O–H groups in total. The van der Waals surface area contributed by atoms with Gasteiger partial charge in [0.1, 0.15) is 0 Å². The third kappa shape index (κ3) is 13.9. The number of hydrogen-bond acceptors (Lipinski definition) is 2. The molecular formula is C14H31NO. The molecule has 2 heteroatoms. The van der Waals surface area contributed by atoms with E-state index in [1.54, 1.807) is 0 Å². The van der Waals surface area contributed by atoms with Crippen molar-refractivity contribution in [2.45, 2.75) is 84.0 Å². The number of unbranched alkanes of at least 4 members (excludes halogenated alkanes) is 11. The zero-order valence-corrected chi connectivity index (χ0v) is 11.2. The highest BCUT2D eigenvalue weighted by molar-refractivity contribution is 4.48. The van der Waals surface area contributed by atoms with E-state index in [2.05, 4.69) is 11.8 Å². The van der Waals surface area contributed by atoms with E-state index in [9.17, 15) is 0 Å². The molecule has 0 aromatic carbocycles. The van der Waals surface area contributed by atoms with Crippen molar-refractivity contribution in [1.29, 1.82) is 0 Å². The van der Waals surface area contributed by atoms with Crippen molar-refractivity contribution in [2.24, 2.45) is 5.90 Å². The largest absolute Gasteiger partial charge is 0.305 e. The predicted octanol–water partition coefficient (Wildman–Crippen LogP) is 4.58. The average molecular weight is 229 g/mol. The fraction of sp³-hybridized carbons (Fsp3) is 1.00. The second-order valence-corrected chi connectivity index (χ2v) is 4.76. The standard InChI is InChI=1S/C14H31NO/c1-2-3-4-5-6-7-8-9-10-11-12-13-14-16-15/h2-15H2,1H3. The van der Waals surface area contributed by atoms with Crippen LogP contribution in [-0.2, 0) is 4.84 Å². The number of rotatable bonds is 13. The summed E-state index contributed by atoms with van der Waals surface area (Å²) < 4.78 is 0. The summed E-state index contributed by atoms with van der Waals surface area (Å²) in [6.07, 6.45) is 16.5. The Hall–Kier alpha value is -0.0800. The van der Waals surface area contributed by atoms with Gasteiger partial charge in [-0.25, -0.2) is 5.90 Å². The highest BCUT2D eigenvalue weighted by Crippen LogP contribution is 2.11. The molecule has 0 aliphatic carbocycles. The quantitative estimate of drug-likeness (QED) is 0.370. The average Bonchev–Trinajstić information content (AvgIpc) is 2.31. The summed E-state index contributed by atoms with van der Waals surface area (Å²) >= 11 is 0. The fourth-order valence-corrected chi connectivity index (χ4v) is 2.03. The minimum Gasteiger partial charge on any atom is -0.305 e. The fourth-order valence-electron chi connectivity index (χ4n) is 2.03. The molecule has 0 rings (SSSR count). The molecule has 0 unspecified atom stereocenters. The predicted molar refractivity (Wildman–Crippen MR) is 71.2 cm³/mol. The monoisotopic (exact) mass is 229 g/mol. The van der Waals surface area contributed by atoms with E-state index >= 15 is 0 Å². The Balaban J connectivity index is 2.83. The second kappa shape index (κ2) is 14.9. The highest BCUT2D eigenvalue weighted by Gasteiger charge is 1.93. The topological polar surface area (TPSA) is 35.2 Å². The molecule has 0 radical (unpaired) electrons. The van der Waals surface area contributed by atoms with Gasteiger partial charge in [-0.3, -0.25) is 0 Å². The van der Waals surface area contributed by atoms with Crippen LogP contribution in [0.2, 0.25) is 0 Å². The van der Waals surface area contributed by atoms with E-state index in [0.29, 0.717) is 0 Å². The van der Waals surface area contributed by atoms with E-state index in [-0.39, 0.29) is 0 Å². The van der Waals surface area contributed by atoms with Gasteiger partial charge in [-0.1, -0.05) is 77.6 Å². The molecule has 0 saturated heterocycles. The molecule has 0 atom stereocenters. The maximum atomic E-state index is 4.96. The van der Waals surface area contributed by atoms with Crippen LogP contribution in [0.1, 0.15) is 84.0 Å². The maximum absolute atomic E-state index is 4.96. The molecule has 0 bridgehead atoms. The van der Waals surface area contributed by atoms with Crippen LogP contribution in [0.4, 0.5) is 0 Å². The van der Waals surface area contributed by atoms with Crippen LogP contribution in [0, 0.1) is 0 Å². The van der Waals surface area contributed by atoms with Gasteiger partial charge in [0.25, 0.3) is 0 Å². The van der Waals surface area contributed by atoms with Crippen LogP contribution in [0.5, 0.6) is 0 Å². The van der Waals surface area contributed by atoms with Crippen LogP contribution in [0.15, 0.2) is 0 Å². The van der Waals surface area contributed by atoms with Gasteiger partial charge in [0.15, 0.2) is 0 Å². The van der Waals surface area contributed by atoms with Gasteiger partial charge in [-0.2, -0.15) is 0 Å². The first-order chi connectivity index (χ1) is 7.91. The number of nitrogens with two attached hydrogens (primary N) is 1. The van der Waals surface area contributed by atoms with Crippen molar-refractivity contribution in [2.75, 3.05) is 6.61 Å². The van der Waals surface area contributed by atoms with Crippen LogP contribution >= 0.6 is 0 Å². The molecule has 16 heavy (non-hydrogen) atoms. The Morgan fingerprint density at radius 1 is 0.625 bits per heavy atom. The third-order valence-electron chi connectivity index (χ3n) is 3.12. The molecule has 0 aliphatic rings. The van der Waals surface area contributed by atoms with E-state index < -0.39 is 0 Å². The summed E-state index contributed by atoms with van der Waals surface area (Å²) in [4.78, 5) is 4.53. The van der Waals surface area contributed by atoms with Gasteiger partial charge in [0.2, 0.25) is 0 Å². The summed E-state index contributed by atoms with van der Waals surface area (Å²) in [5.41, 5.74) is 0. The molecule has 0 saturated carbocycles. The lowest BCUT2D eigenvalue weighted by molar-refractivity contribution is 0.133. The van der Waals surface area contributed by atoms with Crippen molar-refractivity contribution in [3.05, 3.63) is 0 Å². The molecule has 0 aromatic heterocycles. The number of hydrogen-bond donors (Lipinski definition) is 1. The Kier molecular flexibility index (Phi) is 14.8. The molecule has 0 amide bonds. The van der Waals surface area contributed by atoms with Gasteiger partial charge in [0, 0.05) is 0 Å². The van der Waals surface area contributed by atoms with Crippen molar-refractivity contribution in [3.63, 3.8) is 0 Å². The summed E-state index contributed by atoms with van der Waals surface area (Å²) in [5, 5.41) is 0. The summed E-state index contributed by atoms with van der Waals surface area (Å²) in [7, 11) is 0. The van der Waals surface area contributed by atoms with Gasteiger partial charge in [-0.15, -0.1) is 0 Å². The highest BCUT2D eigenvalue weighted by atomic mass is 16.6. The normalized spacial score (nSPS) is 10.9. The van der Waals surface area contributed by atoms with Crippen LogP contribution < -0.4 is 5.90 Å². The minimum atomic E-state index is 0.720. The van der Waals surface area contributed by atoms with Crippen LogP contribution in [0.3, 0.4) is 0 Å². The molecule has 98 valence electrons. The van der Waals surface area contributed by atoms with Gasteiger partial charge in [-0.05, 0) is 6.42 Å². The van der Waals surface area contributed by atoms with Gasteiger partial charge >= 0.3 is 0 Å². The summed E-state index contributed by atoms with van der Waals surface area (Å²) in [6.45, 7) is 2.99. The van der Waals surface area contributed by atoms with Crippen molar-refractivity contribution >= 4 is 0 Å². The molecular weight excluding hydrogens is 198 g/mol. The molecule has 0 aromatic rings. The summed E-state index contributed by atoms with van der Waals surface area (Å²) in [5.74, 6) is 4.96. The molecule has 0 spiro atoms. The van der Waals surface area contributed by atoms with Gasteiger partial charge in [0.05, 0.1) is 6.61 Å². The first kappa shape index (κ1) is 15.9. The Morgan fingerprint density at radius 3 is 1.38 bits per heavy atom. The Labute approximate surface area is 102 Å². The molecule has 0 aliphatic heterocycles. The first-order valence-electron chi connectivity index (χ1n) is 7.23. The van der Waals surface area contributed by atoms with Crippen molar-refractivity contribution < 1.29 is 4.84 Å². The lowest BCUT2D eigenvalue weighted by atomic mass is 10.1. The Bertz CT molecular complexity index is 103. The van der Waals surface area contributed by atoms with E-state index in [4.69, 9.17) is 5.90 Å². The SMILES string of the molecule is CCCCCCCCCCCCCCON. The zero-order valence-electron chi connectivity index (χ0n) is 11.2. The Morgan fingerprint density at radius 2 is 1.00 bits per heavy atom. The zero-order chi connectivity index (χ0) is 11.9. The van der Waals surface area contributed by atoms with Crippen molar-refractivity contribution in [3.8, 4) is 0 Å². The van der Waals surface area contributed by atoms with Crippen LogP contribution in [-0.4, -0.2) is 6.61 Å². The maximum Gasteiger partial charge on any atom is 0.0679 e. The van der Waals surface area contributed by atoms with Crippen molar-refractivity contribution in [1.82, 2.24) is 0 Å². The summed E-state index contributed by atoms with van der Waals surface area (Å²) in [6, 6.07) is 0. The molecule has 0 fully saturated rings. The lowest BCUT2D eigenvalue weighted by Crippen LogP contribution is -2.00. The van der Waals surface area contributed by atoms with E-state index in [0.717, 1.165) is 13.0 Å². The first-order valence-corrected chi connectivity index (χ1v) is 7.23.